The van der Waals surface area contributed by atoms with E-state index in [0.29, 0.717) is 49.7 Å². The van der Waals surface area contributed by atoms with Gasteiger partial charge in [-0.15, -0.1) is 0 Å². The largest absolute Gasteiger partial charge is 0.491 e. The molecule has 0 aromatic heterocycles. The third-order valence-corrected chi connectivity index (χ3v) is 7.92. The molecule has 1 nitrogen and oxygen atoms in total. The summed E-state index contributed by atoms with van der Waals surface area (Å²) in [5.41, 5.74) is 0.221. The van der Waals surface area contributed by atoms with Gasteiger partial charge < -0.3 is 4.74 Å². The Morgan fingerprint density at radius 3 is 1.93 bits per heavy atom. The molecular formula is C33H34F6O. The summed E-state index contributed by atoms with van der Waals surface area (Å²) in [6, 6.07) is 8.43. The van der Waals surface area contributed by atoms with E-state index in [0.717, 1.165) is 12.8 Å². The molecule has 1 saturated carbocycles. The van der Waals surface area contributed by atoms with E-state index in [1.165, 1.54) is 24.3 Å². The molecule has 1 aliphatic rings. The van der Waals surface area contributed by atoms with Crippen molar-refractivity contribution in [3.05, 3.63) is 100 Å². The molecule has 0 aliphatic heterocycles. The van der Waals surface area contributed by atoms with E-state index >= 15 is 8.78 Å². The van der Waals surface area contributed by atoms with Gasteiger partial charge in [-0.25, -0.2) is 22.0 Å². The van der Waals surface area contributed by atoms with Gasteiger partial charge in [0, 0.05) is 11.1 Å². The summed E-state index contributed by atoms with van der Waals surface area (Å²) in [7, 11) is 0. The minimum atomic E-state index is -1.29. The lowest BCUT2D eigenvalue weighted by molar-refractivity contribution is 0.303. The highest BCUT2D eigenvalue weighted by molar-refractivity contribution is 5.66. The van der Waals surface area contributed by atoms with Gasteiger partial charge >= 0.3 is 0 Å². The molecule has 4 rings (SSSR count). The summed E-state index contributed by atoms with van der Waals surface area (Å²) in [4.78, 5) is 0. The Kier molecular flexibility index (Phi) is 9.99. The topological polar surface area (TPSA) is 9.23 Å². The second-order valence-corrected chi connectivity index (χ2v) is 10.4. The van der Waals surface area contributed by atoms with Crippen molar-refractivity contribution in [1.29, 1.82) is 0 Å². The minimum absolute atomic E-state index is 0.134. The van der Waals surface area contributed by atoms with E-state index in [4.69, 9.17) is 4.74 Å². The van der Waals surface area contributed by atoms with Crippen molar-refractivity contribution in [3.63, 3.8) is 0 Å². The second-order valence-electron chi connectivity index (χ2n) is 10.4. The molecule has 3 aromatic carbocycles. The fraction of sp³-hybridized carbons (Fsp3) is 0.394. The molecule has 1 fully saturated rings. The highest BCUT2D eigenvalue weighted by atomic mass is 19.2. The molecule has 0 radical (unpaired) electrons. The molecular weight excluding hydrogens is 526 g/mol. The lowest BCUT2D eigenvalue weighted by atomic mass is 9.76. The number of halogens is 6. The van der Waals surface area contributed by atoms with Crippen LogP contribution >= 0.6 is 0 Å². The van der Waals surface area contributed by atoms with Gasteiger partial charge in [0.1, 0.15) is 0 Å². The summed E-state index contributed by atoms with van der Waals surface area (Å²) in [5.74, 6) is -6.61. The lowest BCUT2D eigenvalue weighted by Gasteiger charge is -2.29. The summed E-state index contributed by atoms with van der Waals surface area (Å²) < 4.78 is 93.3. The molecule has 0 heterocycles. The first kappa shape index (κ1) is 29.8. The third kappa shape index (κ3) is 6.39. The van der Waals surface area contributed by atoms with Crippen molar-refractivity contribution in [2.75, 3.05) is 6.61 Å². The fourth-order valence-electron chi connectivity index (χ4n) is 5.64. The van der Waals surface area contributed by atoms with Crippen molar-refractivity contribution in [2.24, 2.45) is 5.92 Å². The van der Waals surface area contributed by atoms with Crippen LogP contribution in [0.3, 0.4) is 0 Å². The van der Waals surface area contributed by atoms with Crippen LogP contribution in [0, 0.1) is 40.8 Å². The maximum Gasteiger partial charge on any atom is 0.201 e. The molecule has 0 amide bonds. The zero-order valence-electron chi connectivity index (χ0n) is 22.8. The summed E-state index contributed by atoms with van der Waals surface area (Å²) in [6.07, 6.45) is 8.72. The second kappa shape index (κ2) is 13.4. The number of allylic oxidation sites excluding steroid dienone is 2. The highest BCUT2D eigenvalue weighted by Crippen LogP contribution is 2.41. The predicted molar refractivity (Wildman–Crippen MR) is 145 cm³/mol. The van der Waals surface area contributed by atoms with E-state index in [9.17, 15) is 17.6 Å². The number of aryl methyl sites for hydroxylation is 2. The van der Waals surface area contributed by atoms with Crippen LogP contribution < -0.4 is 4.74 Å². The van der Waals surface area contributed by atoms with Gasteiger partial charge in [0.05, 0.1) is 6.61 Å². The van der Waals surface area contributed by atoms with E-state index < -0.39 is 34.9 Å². The molecule has 0 atom stereocenters. The zero-order chi connectivity index (χ0) is 28.8. The standard InChI is InChI=1S/C33H34F6O/c1-3-5-6-7-22-14-15-23(29(35)28(22)34)13-10-20-8-11-21(12-9-20)24-16-17-25(31(37)30(24)36)26-18-19-27(40-4-2)33(39)32(26)38/h3,5,14-21H,4,6-13H2,1-2H3. The normalized spacial score (nSPS) is 17.5. The summed E-state index contributed by atoms with van der Waals surface area (Å²) >= 11 is 0. The van der Waals surface area contributed by atoms with Crippen LogP contribution in [0.1, 0.15) is 75.0 Å². The van der Waals surface area contributed by atoms with Gasteiger partial charge in [-0.3, -0.25) is 0 Å². The average molecular weight is 561 g/mol. The van der Waals surface area contributed by atoms with E-state index in [1.807, 2.05) is 19.1 Å². The van der Waals surface area contributed by atoms with Crippen molar-refractivity contribution in [1.82, 2.24) is 0 Å². The summed E-state index contributed by atoms with van der Waals surface area (Å²) in [6.45, 7) is 3.64. The molecule has 214 valence electrons. The zero-order valence-corrected chi connectivity index (χ0v) is 22.8. The van der Waals surface area contributed by atoms with Crippen LogP contribution in [0.25, 0.3) is 11.1 Å². The van der Waals surface area contributed by atoms with Crippen LogP contribution in [0.15, 0.2) is 48.6 Å². The first-order valence-corrected chi connectivity index (χ1v) is 13.9. The van der Waals surface area contributed by atoms with Gasteiger partial charge in [0.25, 0.3) is 0 Å². The smallest absolute Gasteiger partial charge is 0.201 e. The number of rotatable bonds is 10. The maximum atomic E-state index is 15.1. The van der Waals surface area contributed by atoms with E-state index in [-0.39, 0.29) is 40.9 Å². The van der Waals surface area contributed by atoms with Crippen molar-refractivity contribution in [3.8, 4) is 16.9 Å². The minimum Gasteiger partial charge on any atom is -0.491 e. The average Bonchev–Trinajstić information content (AvgIpc) is 2.96. The fourth-order valence-corrected chi connectivity index (χ4v) is 5.64. The molecule has 0 N–H and O–H groups in total. The Morgan fingerprint density at radius 1 is 0.700 bits per heavy atom. The first-order chi connectivity index (χ1) is 19.3. The molecule has 3 aromatic rings. The molecule has 0 bridgehead atoms. The summed E-state index contributed by atoms with van der Waals surface area (Å²) in [5, 5.41) is 0. The first-order valence-electron chi connectivity index (χ1n) is 13.9. The number of benzene rings is 3. The SMILES string of the molecule is CC=CCCc1ccc(CCC2CCC(c3ccc(-c4ccc(OCC)c(F)c4F)c(F)c3F)CC2)c(F)c1F. The molecule has 40 heavy (non-hydrogen) atoms. The van der Waals surface area contributed by atoms with Crippen LogP contribution in [-0.4, -0.2) is 6.61 Å². The van der Waals surface area contributed by atoms with Crippen molar-refractivity contribution < 1.29 is 31.1 Å². The monoisotopic (exact) mass is 560 g/mol. The van der Waals surface area contributed by atoms with Gasteiger partial charge in [0.15, 0.2) is 34.8 Å². The van der Waals surface area contributed by atoms with Gasteiger partial charge in [-0.1, -0.05) is 36.4 Å². The van der Waals surface area contributed by atoms with Crippen molar-refractivity contribution in [2.45, 2.75) is 71.1 Å². The van der Waals surface area contributed by atoms with Gasteiger partial charge in [0.2, 0.25) is 5.82 Å². The van der Waals surface area contributed by atoms with E-state index in [1.54, 1.807) is 19.1 Å². The number of hydrogen-bond acceptors (Lipinski definition) is 1. The van der Waals surface area contributed by atoms with E-state index in [2.05, 4.69) is 0 Å². The van der Waals surface area contributed by atoms with Crippen molar-refractivity contribution >= 4 is 0 Å². The Morgan fingerprint density at radius 2 is 1.30 bits per heavy atom. The number of hydrogen-bond donors (Lipinski definition) is 0. The lowest BCUT2D eigenvalue weighted by Crippen LogP contribution is -2.16. The van der Waals surface area contributed by atoms with Crippen LogP contribution in [0.5, 0.6) is 5.75 Å². The molecule has 0 unspecified atom stereocenters. The molecule has 1 aliphatic carbocycles. The number of ether oxygens (including phenoxy) is 1. The van der Waals surface area contributed by atoms with Crippen LogP contribution in [0.2, 0.25) is 0 Å². The quantitative estimate of drug-likeness (QED) is 0.177. The Bertz CT molecular complexity index is 1360. The highest BCUT2D eigenvalue weighted by Gasteiger charge is 2.28. The van der Waals surface area contributed by atoms with Crippen LogP contribution in [-0.2, 0) is 12.8 Å². The Labute approximate surface area is 231 Å². The molecule has 0 spiro atoms. The third-order valence-electron chi connectivity index (χ3n) is 7.92. The Hall–Kier alpha value is -3.22. The molecule has 0 saturated heterocycles. The Balaban J connectivity index is 1.38. The van der Waals surface area contributed by atoms with Crippen LogP contribution in [0.4, 0.5) is 26.3 Å². The molecule has 7 heteroatoms. The maximum absolute atomic E-state index is 15.1. The predicted octanol–water partition coefficient (Wildman–Crippen LogP) is 10.0. The van der Waals surface area contributed by atoms with Gasteiger partial charge in [-0.2, -0.15) is 4.39 Å². The van der Waals surface area contributed by atoms with Gasteiger partial charge in [-0.05, 0) is 106 Å².